The van der Waals surface area contributed by atoms with Gasteiger partial charge in [0.25, 0.3) is 0 Å². The van der Waals surface area contributed by atoms with E-state index >= 15 is 0 Å². The van der Waals surface area contributed by atoms with Crippen molar-refractivity contribution in [2.75, 3.05) is 12.8 Å². The first-order valence-corrected chi connectivity index (χ1v) is 7.28. The largest absolute Gasteiger partial charge is 0.383 e. The molecule has 1 aliphatic rings. The lowest BCUT2D eigenvalue weighted by Crippen LogP contribution is -2.23. The van der Waals surface area contributed by atoms with Crippen molar-refractivity contribution in [3.63, 3.8) is 0 Å². The van der Waals surface area contributed by atoms with E-state index in [0.29, 0.717) is 17.6 Å². The van der Waals surface area contributed by atoms with Crippen LogP contribution in [0, 0.1) is 8.99 Å². The molecule has 1 atom stereocenters. The summed E-state index contributed by atoms with van der Waals surface area (Å²) in [6, 6.07) is 0. The van der Waals surface area contributed by atoms with Gasteiger partial charge in [0.05, 0.1) is 9.26 Å². The predicted molar refractivity (Wildman–Crippen MR) is 80.3 cm³/mol. The van der Waals surface area contributed by atoms with Gasteiger partial charge in [-0.1, -0.05) is 20.8 Å². The second kappa shape index (κ2) is 4.92. The molecule has 0 bridgehead atoms. The maximum absolute atomic E-state index is 6.01. The number of halogens is 1. The molecule has 0 amide bonds. The summed E-state index contributed by atoms with van der Waals surface area (Å²) in [4.78, 5) is 9.12. The summed E-state index contributed by atoms with van der Waals surface area (Å²) >= 11 is 2.24. The number of aromatic nitrogens is 2. The first-order chi connectivity index (χ1) is 8.34. The minimum Gasteiger partial charge on any atom is -0.383 e. The Balaban J connectivity index is 2.44. The molecule has 0 aliphatic heterocycles. The van der Waals surface area contributed by atoms with Crippen molar-refractivity contribution >= 4 is 28.4 Å². The maximum Gasteiger partial charge on any atom is 0.160 e. The fourth-order valence-corrected chi connectivity index (χ4v) is 2.77. The first-order valence-electron chi connectivity index (χ1n) is 6.20. The summed E-state index contributed by atoms with van der Waals surface area (Å²) in [7, 11) is 1.70. The van der Waals surface area contributed by atoms with Crippen LogP contribution in [0.1, 0.15) is 57.2 Å². The van der Waals surface area contributed by atoms with E-state index < -0.39 is 0 Å². The fraction of sp³-hybridized carbons (Fsp3) is 0.692. The standard InChI is InChI=1S/C13H20IN3O/c1-13(2,3)10(18-4)12-16-9(7-5-6-7)8(14)11(15)17-12/h7,10H,5-6H2,1-4H3,(H2,15,16,17). The Kier molecular flexibility index (Phi) is 3.82. The van der Waals surface area contributed by atoms with Gasteiger partial charge in [-0.3, -0.25) is 0 Å². The Bertz CT molecular complexity index is 452. The van der Waals surface area contributed by atoms with Gasteiger partial charge < -0.3 is 10.5 Å². The third-order valence-corrected chi connectivity index (χ3v) is 4.25. The monoisotopic (exact) mass is 361 g/mol. The SMILES string of the molecule is COC(c1nc(N)c(I)c(C2CC2)n1)C(C)(C)C. The van der Waals surface area contributed by atoms with Gasteiger partial charge >= 0.3 is 0 Å². The van der Waals surface area contributed by atoms with E-state index in [0.717, 1.165) is 9.26 Å². The molecule has 5 heteroatoms. The Morgan fingerprint density at radius 1 is 1.33 bits per heavy atom. The molecule has 1 heterocycles. The minimum atomic E-state index is -0.130. The van der Waals surface area contributed by atoms with Crippen LogP contribution in [-0.4, -0.2) is 17.1 Å². The third kappa shape index (κ3) is 2.77. The van der Waals surface area contributed by atoms with Crippen LogP contribution in [-0.2, 0) is 4.74 Å². The molecular formula is C13H20IN3O. The summed E-state index contributed by atoms with van der Waals surface area (Å²) in [6.07, 6.45) is 2.28. The second-order valence-electron chi connectivity index (χ2n) is 5.92. The van der Waals surface area contributed by atoms with Crippen LogP contribution in [0.25, 0.3) is 0 Å². The van der Waals surface area contributed by atoms with E-state index in [2.05, 4.69) is 48.3 Å². The highest BCUT2D eigenvalue weighted by Gasteiger charge is 2.33. The van der Waals surface area contributed by atoms with Gasteiger partial charge in [-0.05, 0) is 40.8 Å². The molecule has 2 rings (SSSR count). The summed E-state index contributed by atoms with van der Waals surface area (Å²) < 4.78 is 6.57. The quantitative estimate of drug-likeness (QED) is 0.840. The zero-order valence-electron chi connectivity index (χ0n) is 11.3. The van der Waals surface area contributed by atoms with Crippen molar-refractivity contribution in [3.8, 4) is 0 Å². The molecule has 0 aromatic carbocycles. The highest BCUT2D eigenvalue weighted by molar-refractivity contribution is 14.1. The van der Waals surface area contributed by atoms with Gasteiger partial charge in [-0.15, -0.1) is 0 Å². The lowest BCUT2D eigenvalue weighted by molar-refractivity contribution is 0.00859. The number of nitrogens with two attached hydrogens (primary N) is 1. The number of methoxy groups -OCH3 is 1. The van der Waals surface area contributed by atoms with Crippen molar-refractivity contribution in [2.24, 2.45) is 5.41 Å². The molecule has 18 heavy (non-hydrogen) atoms. The lowest BCUT2D eigenvalue weighted by atomic mass is 9.88. The van der Waals surface area contributed by atoms with E-state index in [1.807, 2.05) is 0 Å². The zero-order chi connectivity index (χ0) is 13.5. The molecule has 0 saturated heterocycles. The molecule has 100 valence electrons. The van der Waals surface area contributed by atoms with Gasteiger partial charge in [-0.2, -0.15) is 0 Å². The molecule has 1 fully saturated rings. The van der Waals surface area contributed by atoms with Gasteiger partial charge in [-0.25, -0.2) is 9.97 Å². The van der Waals surface area contributed by atoms with Crippen LogP contribution in [0.15, 0.2) is 0 Å². The highest BCUT2D eigenvalue weighted by atomic mass is 127. The van der Waals surface area contributed by atoms with Crippen molar-refractivity contribution < 1.29 is 4.74 Å². The molecule has 1 unspecified atom stereocenters. The summed E-state index contributed by atoms with van der Waals surface area (Å²) in [6.45, 7) is 6.36. The molecular weight excluding hydrogens is 341 g/mol. The predicted octanol–water partition coefficient (Wildman–Crippen LogP) is 3.27. The number of hydrogen-bond donors (Lipinski definition) is 1. The average molecular weight is 361 g/mol. The highest BCUT2D eigenvalue weighted by Crippen LogP contribution is 2.43. The molecule has 0 spiro atoms. The number of anilines is 1. The van der Waals surface area contributed by atoms with Crippen LogP contribution in [0.3, 0.4) is 0 Å². The van der Waals surface area contributed by atoms with Crippen LogP contribution in [0.5, 0.6) is 0 Å². The van der Waals surface area contributed by atoms with E-state index in [4.69, 9.17) is 15.5 Å². The third-order valence-electron chi connectivity index (χ3n) is 3.14. The molecule has 1 aromatic heterocycles. The number of rotatable bonds is 3. The second-order valence-corrected chi connectivity index (χ2v) is 7.00. The first kappa shape index (κ1) is 14.0. The maximum atomic E-state index is 6.01. The zero-order valence-corrected chi connectivity index (χ0v) is 13.5. The molecule has 2 N–H and O–H groups in total. The van der Waals surface area contributed by atoms with Gasteiger partial charge in [0.1, 0.15) is 11.9 Å². The normalized spacial score (nSPS) is 17.8. The number of nitrogen functional groups attached to an aromatic ring is 1. The molecule has 1 saturated carbocycles. The van der Waals surface area contributed by atoms with Crippen molar-refractivity contribution in [3.05, 3.63) is 15.1 Å². The Morgan fingerprint density at radius 2 is 1.94 bits per heavy atom. The Hall–Kier alpha value is -0.430. The smallest absolute Gasteiger partial charge is 0.160 e. The molecule has 4 nitrogen and oxygen atoms in total. The lowest BCUT2D eigenvalue weighted by Gasteiger charge is -2.28. The van der Waals surface area contributed by atoms with E-state index in [9.17, 15) is 0 Å². The van der Waals surface area contributed by atoms with Crippen LogP contribution in [0.2, 0.25) is 0 Å². The summed E-state index contributed by atoms with van der Waals surface area (Å²) in [5.74, 6) is 1.86. The van der Waals surface area contributed by atoms with Crippen LogP contribution >= 0.6 is 22.6 Å². The molecule has 1 aliphatic carbocycles. The van der Waals surface area contributed by atoms with Crippen LogP contribution < -0.4 is 5.73 Å². The Labute approximate surface area is 122 Å². The van der Waals surface area contributed by atoms with E-state index in [1.54, 1.807) is 7.11 Å². The molecule has 1 aromatic rings. The topological polar surface area (TPSA) is 61.0 Å². The van der Waals surface area contributed by atoms with Crippen molar-refractivity contribution in [1.29, 1.82) is 0 Å². The van der Waals surface area contributed by atoms with Crippen molar-refractivity contribution in [1.82, 2.24) is 9.97 Å². The summed E-state index contributed by atoms with van der Waals surface area (Å²) in [5, 5.41) is 0. The van der Waals surface area contributed by atoms with Gasteiger partial charge in [0.2, 0.25) is 0 Å². The van der Waals surface area contributed by atoms with Gasteiger partial charge in [0.15, 0.2) is 5.82 Å². The number of hydrogen-bond acceptors (Lipinski definition) is 4. The van der Waals surface area contributed by atoms with Crippen molar-refractivity contribution in [2.45, 2.75) is 45.6 Å². The van der Waals surface area contributed by atoms with Crippen LogP contribution in [0.4, 0.5) is 5.82 Å². The number of ether oxygens (including phenoxy) is 1. The minimum absolute atomic E-state index is 0.0468. The fourth-order valence-electron chi connectivity index (χ4n) is 2.09. The Morgan fingerprint density at radius 3 is 2.39 bits per heavy atom. The number of nitrogens with zero attached hydrogens (tertiary/aromatic N) is 2. The average Bonchev–Trinajstić information content (AvgIpc) is 3.05. The van der Waals surface area contributed by atoms with E-state index in [-0.39, 0.29) is 11.5 Å². The van der Waals surface area contributed by atoms with Gasteiger partial charge in [0, 0.05) is 13.0 Å². The van der Waals surface area contributed by atoms with E-state index in [1.165, 1.54) is 12.8 Å². The summed E-state index contributed by atoms with van der Waals surface area (Å²) in [5.41, 5.74) is 7.06. The molecule has 0 radical (unpaired) electrons.